The number of benzene rings is 1. The van der Waals surface area contributed by atoms with Gasteiger partial charge in [-0.1, -0.05) is 28.1 Å². The number of aliphatic carboxylic acids is 1. The number of carboxylic acids is 1. The molecule has 3 atom stereocenters. The molecule has 0 aromatic heterocycles. The molecular weight excluding hydrogens is 282 g/mol. The van der Waals surface area contributed by atoms with Gasteiger partial charge in [0.15, 0.2) is 0 Å². The average Bonchev–Trinajstić information content (AvgIpc) is 2.76. The third-order valence-electron chi connectivity index (χ3n) is 3.58. The lowest BCUT2D eigenvalue weighted by Gasteiger charge is -2.37. The Balaban J connectivity index is 2.09. The quantitative estimate of drug-likeness (QED) is 0.801. The fourth-order valence-corrected chi connectivity index (χ4v) is 3.18. The molecule has 1 N–H and O–H groups in total. The maximum absolute atomic E-state index is 11.2. The molecule has 3 nitrogen and oxygen atoms in total. The van der Waals surface area contributed by atoms with Gasteiger partial charge in [-0.2, -0.15) is 0 Å². The zero-order valence-electron chi connectivity index (χ0n) is 9.02. The highest BCUT2D eigenvalue weighted by atomic mass is 79.9. The van der Waals surface area contributed by atoms with Crippen molar-refractivity contribution in [3.63, 3.8) is 0 Å². The molecule has 0 radical (unpaired) electrons. The van der Waals surface area contributed by atoms with E-state index >= 15 is 0 Å². The normalized spacial score (nSPS) is 29.4. The van der Waals surface area contributed by atoms with E-state index in [0.717, 1.165) is 22.1 Å². The van der Waals surface area contributed by atoms with Crippen molar-refractivity contribution < 1.29 is 9.90 Å². The molecular formula is C13H11BrNO2-. The Morgan fingerprint density at radius 2 is 2.29 bits per heavy atom. The van der Waals surface area contributed by atoms with Gasteiger partial charge in [-0.25, -0.2) is 0 Å². The SMILES string of the molecule is O=C([O-])[C@H]1Nc2ccc(Br)cc2[C@H]2C=CC[C@@H]12. The summed E-state index contributed by atoms with van der Waals surface area (Å²) in [5.41, 5.74) is 2.06. The number of carbonyl (C=O) groups excluding carboxylic acids is 1. The summed E-state index contributed by atoms with van der Waals surface area (Å²) in [5, 5.41) is 14.2. The molecule has 1 aromatic carbocycles. The molecule has 1 aromatic rings. The number of carboxylic acid groups (broad SMARTS) is 1. The lowest BCUT2D eigenvalue weighted by molar-refractivity contribution is -0.308. The van der Waals surface area contributed by atoms with E-state index in [0.29, 0.717) is 0 Å². The second-order valence-corrected chi connectivity index (χ2v) is 5.44. The highest BCUT2D eigenvalue weighted by molar-refractivity contribution is 9.10. The van der Waals surface area contributed by atoms with Gasteiger partial charge in [-0.3, -0.25) is 0 Å². The molecule has 1 heterocycles. The van der Waals surface area contributed by atoms with E-state index in [1.807, 2.05) is 12.1 Å². The largest absolute Gasteiger partial charge is 0.548 e. The Labute approximate surface area is 108 Å². The van der Waals surface area contributed by atoms with Gasteiger partial charge in [-0.15, -0.1) is 0 Å². The van der Waals surface area contributed by atoms with Crippen molar-refractivity contribution in [2.24, 2.45) is 5.92 Å². The number of rotatable bonds is 1. The van der Waals surface area contributed by atoms with Crippen molar-refractivity contribution >= 4 is 27.6 Å². The van der Waals surface area contributed by atoms with Crippen LogP contribution in [0.15, 0.2) is 34.8 Å². The molecule has 1 aliphatic carbocycles. The fraction of sp³-hybridized carbons (Fsp3) is 0.308. The highest BCUT2D eigenvalue weighted by Crippen LogP contribution is 2.45. The van der Waals surface area contributed by atoms with Gasteiger partial charge in [0.05, 0.1) is 12.0 Å². The topological polar surface area (TPSA) is 52.2 Å². The van der Waals surface area contributed by atoms with Crippen LogP contribution in [0.5, 0.6) is 0 Å². The van der Waals surface area contributed by atoms with Crippen molar-refractivity contribution in [1.82, 2.24) is 0 Å². The van der Waals surface area contributed by atoms with E-state index in [4.69, 9.17) is 0 Å². The third kappa shape index (κ3) is 1.67. The standard InChI is InChI=1S/C13H12BrNO2/c14-7-4-5-11-10(6-7)8-2-1-3-9(8)12(15-11)13(16)17/h1-2,4-6,8-9,12,15H,3H2,(H,16,17)/p-1/t8-,9+,12-/m0/s1. The van der Waals surface area contributed by atoms with E-state index in [-0.39, 0.29) is 11.8 Å². The monoisotopic (exact) mass is 292 g/mol. The van der Waals surface area contributed by atoms with Crippen molar-refractivity contribution in [3.8, 4) is 0 Å². The number of allylic oxidation sites excluding steroid dienone is 2. The van der Waals surface area contributed by atoms with Crippen LogP contribution in [0.2, 0.25) is 0 Å². The molecule has 17 heavy (non-hydrogen) atoms. The van der Waals surface area contributed by atoms with Gasteiger partial charge in [0.25, 0.3) is 0 Å². The van der Waals surface area contributed by atoms with Gasteiger partial charge in [-0.05, 0) is 36.1 Å². The predicted molar refractivity (Wildman–Crippen MR) is 66.5 cm³/mol. The third-order valence-corrected chi connectivity index (χ3v) is 4.07. The number of hydrogen-bond donors (Lipinski definition) is 1. The van der Waals surface area contributed by atoms with Crippen LogP contribution in [0, 0.1) is 5.92 Å². The Kier molecular flexibility index (Phi) is 2.47. The van der Waals surface area contributed by atoms with Crippen LogP contribution >= 0.6 is 15.9 Å². The summed E-state index contributed by atoms with van der Waals surface area (Å²) in [7, 11) is 0. The summed E-state index contributed by atoms with van der Waals surface area (Å²) in [5.74, 6) is -0.759. The zero-order chi connectivity index (χ0) is 12.0. The summed E-state index contributed by atoms with van der Waals surface area (Å²) in [6.45, 7) is 0. The van der Waals surface area contributed by atoms with Gasteiger partial charge in [0, 0.05) is 16.1 Å². The van der Waals surface area contributed by atoms with Crippen LogP contribution in [0.1, 0.15) is 17.9 Å². The summed E-state index contributed by atoms with van der Waals surface area (Å²) in [4.78, 5) is 11.2. The molecule has 0 unspecified atom stereocenters. The second-order valence-electron chi connectivity index (χ2n) is 4.53. The van der Waals surface area contributed by atoms with E-state index in [1.54, 1.807) is 0 Å². The minimum Gasteiger partial charge on any atom is -0.548 e. The molecule has 0 amide bonds. The van der Waals surface area contributed by atoms with Crippen molar-refractivity contribution in [2.45, 2.75) is 18.4 Å². The first-order valence-corrected chi connectivity index (χ1v) is 6.39. The molecule has 0 saturated carbocycles. The van der Waals surface area contributed by atoms with E-state index in [2.05, 4.69) is 39.5 Å². The Morgan fingerprint density at radius 3 is 3.06 bits per heavy atom. The second kappa shape index (κ2) is 3.88. The number of anilines is 1. The minimum atomic E-state index is -1.02. The summed E-state index contributed by atoms with van der Waals surface area (Å²) in [6.07, 6.45) is 4.96. The molecule has 4 heteroatoms. The maximum atomic E-state index is 11.2. The van der Waals surface area contributed by atoms with Gasteiger partial charge < -0.3 is 15.2 Å². The lowest BCUT2D eigenvalue weighted by Crippen LogP contribution is -2.48. The van der Waals surface area contributed by atoms with Crippen molar-refractivity contribution in [2.75, 3.05) is 5.32 Å². The molecule has 0 spiro atoms. The predicted octanol–water partition coefficient (Wildman–Crippen LogP) is 1.65. The maximum Gasteiger partial charge on any atom is 0.0698 e. The molecule has 0 fully saturated rings. The molecule has 0 saturated heterocycles. The number of nitrogens with one attached hydrogen (secondary N) is 1. The number of hydrogen-bond acceptors (Lipinski definition) is 3. The van der Waals surface area contributed by atoms with Crippen LogP contribution < -0.4 is 10.4 Å². The first kappa shape index (κ1) is 10.8. The Morgan fingerprint density at radius 1 is 1.47 bits per heavy atom. The van der Waals surface area contributed by atoms with Gasteiger partial charge in [0.1, 0.15) is 0 Å². The van der Waals surface area contributed by atoms with E-state index < -0.39 is 12.0 Å². The van der Waals surface area contributed by atoms with Crippen LogP contribution in [-0.4, -0.2) is 12.0 Å². The first-order chi connectivity index (χ1) is 8.16. The summed E-state index contributed by atoms with van der Waals surface area (Å²) < 4.78 is 1.02. The number of halogens is 1. The van der Waals surface area contributed by atoms with Crippen molar-refractivity contribution in [1.29, 1.82) is 0 Å². The molecule has 2 aliphatic rings. The van der Waals surface area contributed by atoms with Gasteiger partial charge in [0.2, 0.25) is 0 Å². The Bertz CT molecular complexity index is 512. The zero-order valence-corrected chi connectivity index (χ0v) is 10.6. The average molecular weight is 293 g/mol. The first-order valence-electron chi connectivity index (χ1n) is 5.60. The van der Waals surface area contributed by atoms with E-state index in [9.17, 15) is 9.90 Å². The summed E-state index contributed by atoms with van der Waals surface area (Å²) >= 11 is 3.45. The van der Waals surface area contributed by atoms with Crippen LogP contribution in [0.3, 0.4) is 0 Å². The van der Waals surface area contributed by atoms with Gasteiger partial charge >= 0.3 is 0 Å². The van der Waals surface area contributed by atoms with Crippen LogP contribution in [-0.2, 0) is 4.79 Å². The summed E-state index contributed by atoms with van der Waals surface area (Å²) in [6, 6.07) is 5.29. The molecule has 0 bridgehead atoms. The molecule has 3 rings (SSSR count). The number of carbonyl (C=O) groups is 1. The molecule has 88 valence electrons. The van der Waals surface area contributed by atoms with E-state index in [1.165, 1.54) is 0 Å². The molecule has 1 aliphatic heterocycles. The minimum absolute atomic E-state index is 0.0711. The lowest BCUT2D eigenvalue weighted by atomic mass is 9.79. The highest BCUT2D eigenvalue weighted by Gasteiger charge is 2.37. The Hall–Kier alpha value is -1.29. The van der Waals surface area contributed by atoms with Crippen LogP contribution in [0.25, 0.3) is 0 Å². The van der Waals surface area contributed by atoms with Crippen LogP contribution in [0.4, 0.5) is 5.69 Å². The smallest absolute Gasteiger partial charge is 0.0698 e. The fourth-order valence-electron chi connectivity index (χ4n) is 2.80. The number of fused-ring (bicyclic) bond motifs is 3. The van der Waals surface area contributed by atoms with Crippen molar-refractivity contribution in [3.05, 3.63) is 40.4 Å².